The van der Waals surface area contributed by atoms with Gasteiger partial charge in [0.05, 0.1) is 23.4 Å². The molecule has 1 aromatic carbocycles. The van der Waals surface area contributed by atoms with Crippen molar-refractivity contribution in [3.63, 3.8) is 0 Å². The zero-order valence-corrected chi connectivity index (χ0v) is 19.6. The molecule has 5 rings (SSSR count). The summed E-state index contributed by atoms with van der Waals surface area (Å²) in [6, 6.07) is 17.0. The molecule has 8 nitrogen and oxygen atoms in total. The first-order valence-electron chi connectivity index (χ1n) is 11.4. The minimum absolute atomic E-state index is 0.128. The number of aromatic amines is 1. The van der Waals surface area contributed by atoms with Gasteiger partial charge < -0.3 is 20.9 Å². The molecule has 0 spiro atoms. The van der Waals surface area contributed by atoms with Crippen LogP contribution in [0.2, 0.25) is 0 Å². The van der Waals surface area contributed by atoms with Crippen molar-refractivity contribution in [2.45, 2.75) is 32.2 Å². The Morgan fingerprint density at radius 3 is 2.69 bits per heavy atom. The molecule has 0 fully saturated rings. The second-order valence-electron chi connectivity index (χ2n) is 9.25. The van der Waals surface area contributed by atoms with Crippen molar-refractivity contribution in [1.82, 2.24) is 20.3 Å². The summed E-state index contributed by atoms with van der Waals surface area (Å²) in [6.07, 6.45) is 5.85. The van der Waals surface area contributed by atoms with Gasteiger partial charge in [-0.15, -0.1) is 0 Å². The van der Waals surface area contributed by atoms with E-state index in [4.69, 9.17) is 0 Å². The first-order valence-corrected chi connectivity index (χ1v) is 11.4. The molecule has 0 bridgehead atoms. The van der Waals surface area contributed by atoms with Crippen LogP contribution in [0.3, 0.4) is 0 Å². The van der Waals surface area contributed by atoms with Crippen LogP contribution in [0.25, 0.3) is 11.3 Å². The van der Waals surface area contributed by atoms with Gasteiger partial charge in [-0.25, -0.2) is 4.98 Å². The van der Waals surface area contributed by atoms with Crippen LogP contribution in [0, 0.1) is 0 Å². The molecular formula is C27H26N6O2. The molecule has 1 aliphatic rings. The molecule has 1 aliphatic heterocycles. The fourth-order valence-electron chi connectivity index (χ4n) is 4.33. The van der Waals surface area contributed by atoms with Crippen LogP contribution in [0.4, 0.5) is 17.2 Å². The van der Waals surface area contributed by atoms with Crippen LogP contribution in [0.15, 0.2) is 73.2 Å². The average Bonchev–Trinajstić information content (AvgIpc) is 3.17. The van der Waals surface area contributed by atoms with Crippen LogP contribution in [-0.2, 0) is 17.6 Å². The largest absolute Gasteiger partial charge is 0.356 e. The number of H-pyrrole nitrogens is 1. The number of amides is 2. The maximum Gasteiger partial charge on any atom is 0.255 e. The van der Waals surface area contributed by atoms with Crippen molar-refractivity contribution in [3.8, 4) is 11.3 Å². The number of anilines is 3. The average molecular weight is 467 g/mol. The minimum atomic E-state index is -0.361. The van der Waals surface area contributed by atoms with Crippen molar-refractivity contribution in [2.75, 3.05) is 10.6 Å². The maximum atomic E-state index is 13.1. The Bertz CT molecular complexity index is 1380. The Labute approximate surface area is 203 Å². The second-order valence-corrected chi connectivity index (χ2v) is 9.25. The van der Waals surface area contributed by atoms with Crippen LogP contribution < -0.4 is 16.0 Å². The first-order chi connectivity index (χ1) is 16.9. The number of nitrogens with zero attached hydrogens (tertiary/aromatic N) is 2. The van der Waals surface area contributed by atoms with E-state index < -0.39 is 0 Å². The molecular weight excluding hydrogens is 440 g/mol. The van der Waals surface area contributed by atoms with E-state index in [1.165, 1.54) is 0 Å². The molecule has 0 saturated heterocycles. The number of hydrogen-bond donors (Lipinski definition) is 4. The first kappa shape index (κ1) is 22.3. The lowest BCUT2D eigenvalue weighted by atomic mass is 9.91. The van der Waals surface area contributed by atoms with Crippen LogP contribution >= 0.6 is 0 Å². The number of rotatable bonds is 6. The SMILES string of the molecule is CC1(C)Cc2[nH]c(-c3ccnc(NC(=O)Cc4cccnc4)c3)c(Nc3ccccc3)c2C(=O)N1. The molecule has 0 atom stereocenters. The summed E-state index contributed by atoms with van der Waals surface area (Å²) in [5.41, 5.74) is 5.05. The Kier molecular flexibility index (Phi) is 5.78. The molecule has 3 aromatic heterocycles. The Morgan fingerprint density at radius 2 is 1.91 bits per heavy atom. The van der Waals surface area contributed by atoms with Crippen LogP contribution in [0.1, 0.15) is 35.5 Å². The van der Waals surface area contributed by atoms with Crippen molar-refractivity contribution in [2.24, 2.45) is 0 Å². The van der Waals surface area contributed by atoms with Gasteiger partial charge in [0.15, 0.2) is 0 Å². The Morgan fingerprint density at radius 1 is 1.09 bits per heavy atom. The number of benzene rings is 1. The normalized spacial score (nSPS) is 14.1. The smallest absolute Gasteiger partial charge is 0.255 e. The summed E-state index contributed by atoms with van der Waals surface area (Å²) >= 11 is 0. The number of fused-ring (bicyclic) bond motifs is 1. The summed E-state index contributed by atoms with van der Waals surface area (Å²) < 4.78 is 0. The molecule has 4 aromatic rings. The fourth-order valence-corrected chi connectivity index (χ4v) is 4.33. The lowest BCUT2D eigenvalue weighted by Gasteiger charge is -2.30. The standard InChI is InChI=1S/C27H26N6O2/c1-27(2)15-20-23(26(35)33-27)25(30-19-8-4-3-5-9-19)24(31-20)18-10-12-29-21(14-18)32-22(34)13-17-7-6-11-28-16-17/h3-12,14,16,30-31H,13,15H2,1-2H3,(H,33,35)(H,29,32,34). The van der Waals surface area contributed by atoms with Crippen LogP contribution in [0.5, 0.6) is 0 Å². The van der Waals surface area contributed by atoms with E-state index in [0.717, 1.165) is 28.2 Å². The summed E-state index contributed by atoms with van der Waals surface area (Å²) in [5.74, 6) is 0.118. The Hall–Kier alpha value is -4.46. The van der Waals surface area contributed by atoms with Crippen molar-refractivity contribution in [3.05, 3.63) is 90.0 Å². The van der Waals surface area contributed by atoms with Crippen molar-refractivity contribution < 1.29 is 9.59 Å². The molecule has 4 N–H and O–H groups in total. The minimum Gasteiger partial charge on any atom is -0.356 e. The van der Waals surface area contributed by atoms with E-state index in [0.29, 0.717) is 23.5 Å². The van der Waals surface area contributed by atoms with Gasteiger partial charge in [-0.1, -0.05) is 24.3 Å². The van der Waals surface area contributed by atoms with E-state index >= 15 is 0 Å². The van der Waals surface area contributed by atoms with E-state index in [1.54, 1.807) is 30.7 Å². The third-order valence-corrected chi connectivity index (χ3v) is 5.82. The topological polar surface area (TPSA) is 112 Å². The van der Waals surface area contributed by atoms with Gasteiger partial charge >= 0.3 is 0 Å². The lowest BCUT2D eigenvalue weighted by Crippen LogP contribution is -2.49. The van der Waals surface area contributed by atoms with Gasteiger partial charge in [-0.2, -0.15) is 0 Å². The van der Waals surface area contributed by atoms with Gasteiger partial charge in [0.25, 0.3) is 5.91 Å². The highest BCUT2D eigenvalue weighted by atomic mass is 16.2. The van der Waals surface area contributed by atoms with Gasteiger partial charge in [0.1, 0.15) is 5.82 Å². The molecule has 0 aliphatic carbocycles. The predicted molar refractivity (Wildman–Crippen MR) is 136 cm³/mol. The zero-order valence-electron chi connectivity index (χ0n) is 19.6. The van der Waals surface area contributed by atoms with Crippen LogP contribution in [-0.4, -0.2) is 32.3 Å². The number of hydrogen-bond acceptors (Lipinski definition) is 5. The van der Waals surface area contributed by atoms with Gasteiger partial charge in [-0.05, 0) is 49.7 Å². The number of carbonyl (C=O) groups is 2. The highest BCUT2D eigenvalue weighted by Gasteiger charge is 2.35. The lowest BCUT2D eigenvalue weighted by molar-refractivity contribution is -0.115. The highest BCUT2D eigenvalue weighted by Crippen LogP contribution is 2.39. The predicted octanol–water partition coefficient (Wildman–Crippen LogP) is 4.46. The quantitative estimate of drug-likeness (QED) is 0.335. The molecule has 2 amide bonds. The van der Waals surface area contributed by atoms with Crippen molar-refractivity contribution >= 4 is 29.0 Å². The summed E-state index contributed by atoms with van der Waals surface area (Å²) in [5, 5.41) is 9.38. The van der Waals surface area contributed by atoms with E-state index in [9.17, 15) is 9.59 Å². The third-order valence-electron chi connectivity index (χ3n) is 5.82. The number of pyridine rings is 2. The van der Waals surface area contributed by atoms with Crippen molar-refractivity contribution in [1.29, 1.82) is 0 Å². The second kappa shape index (κ2) is 9.06. The summed E-state index contributed by atoms with van der Waals surface area (Å²) in [4.78, 5) is 37.5. The molecule has 0 radical (unpaired) electrons. The number of aromatic nitrogens is 3. The third kappa shape index (κ3) is 4.91. The molecule has 35 heavy (non-hydrogen) atoms. The maximum absolute atomic E-state index is 13.1. The fraction of sp³-hybridized carbons (Fsp3) is 0.185. The summed E-state index contributed by atoms with van der Waals surface area (Å²) in [6.45, 7) is 4.00. The summed E-state index contributed by atoms with van der Waals surface area (Å²) in [7, 11) is 0. The number of carbonyl (C=O) groups excluding carboxylic acids is 2. The van der Waals surface area contributed by atoms with E-state index in [1.807, 2.05) is 56.3 Å². The van der Waals surface area contributed by atoms with E-state index in [2.05, 4.69) is 30.9 Å². The molecule has 4 heterocycles. The van der Waals surface area contributed by atoms with Gasteiger partial charge in [-0.3, -0.25) is 14.6 Å². The molecule has 0 saturated carbocycles. The number of nitrogens with one attached hydrogen (secondary N) is 4. The van der Waals surface area contributed by atoms with Gasteiger partial charge in [0.2, 0.25) is 5.91 Å². The van der Waals surface area contributed by atoms with Gasteiger partial charge in [0, 0.05) is 47.5 Å². The molecule has 0 unspecified atom stereocenters. The highest BCUT2D eigenvalue weighted by molar-refractivity contribution is 6.06. The van der Waals surface area contributed by atoms with E-state index in [-0.39, 0.29) is 23.8 Å². The zero-order chi connectivity index (χ0) is 24.4. The number of para-hydroxylation sites is 1. The molecule has 176 valence electrons. The monoisotopic (exact) mass is 466 g/mol. The Balaban J connectivity index is 1.49. The molecule has 8 heteroatoms.